The molecule has 0 heterocycles. The minimum Gasteiger partial charge on any atom is -0.354 e. The van der Waals surface area contributed by atoms with Crippen LogP contribution in [0, 0.1) is 0 Å². The van der Waals surface area contributed by atoms with Crippen LogP contribution in [0.2, 0.25) is 0 Å². The maximum atomic E-state index is 13.0. The fourth-order valence-corrected chi connectivity index (χ4v) is 4.04. The molecule has 4 nitrogen and oxygen atoms in total. The molecule has 0 fully saturated rings. The van der Waals surface area contributed by atoms with E-state index in [1.54, 1.807) is 23.6 Å². The zero-order valence-electron chi connectivity index (χ0n) is 16.4. The molecule has 1 atom stereocenters. The van der Waals surface area contributed by atoms with Crippen LogP contribution in [0.25, 0.3) is 0 Å². The Morgan fingerprint density at radius 3 is 2.50 bits per heavy atom. The average Bonchev–Trinajstić information content (AvgIpc) is 2.70. The van der Waals surface area contributed by atoms with Crippen molar-refractivity contribution in [3.63, 3.8) is 0 Å². The van der Waals surface area contributed by atoms with Crippen LogP contribution >= 0.6 is 27.7 Å². The lowest BCUT2D eigenvalue weighted by atomic mass is 10.1. The summed E-state index contributed by atoms with van der Waals surface area (Å²) in [7, 11) is 0. The van der Waals surface area contributed by atoms with E-state index in [9.17, 15) is 9.59 Å². The predicted molar refractivity (Wildman–Crippen MR) is 120 cm³/mol. The molecule has 0 aliphatic carbocycles. The fraction of sp³-hybridized carbons (Fsp3) is 0.364. The number of nitrogens with one attached hydrogen (secondary N) is 1. The van der Waals surface area contributed by atoms with Crippen LogP contribution in [0.15, 0.2) is 59.1 Å². The van der Waals surface area contributed by atoms with Gasteiger partial charge in [-0.05, 0) is 36.6 Å². The van der Waals surface area contributed by atoms with Gasteiger partial charge in [-0.25, -0.2) is 0 Å². The van der Waals surface area contributed by atoms with Gasteiger partial charge in [0, 0.05) is 23.3 Å². The maximum absolute atomic E-state index is 13.0. The predicted octanol–water partition coefficient (Wildman–Crippen LogP) is 4.63. The number of carbonyl (C=O) groups is 2. The van der Waals surface area contributed by atoms with Crippen LogP contribution in [0.4, 0.5) is 0 Å². The zero-order chi connectivity index (χ0) is 20.4. The Balaban J connectivity index is 2.04. The minimum absolute atomic E-state index is 0.0277. The summed E-state index contributed by atoms with van der Waals surface area (Å²) >= 11 is 5.04. The molecule has 150 valence electrons. The van der Waals surface area contributed by atoms with E-state index in [0.29, 0.717) is 18.8 Å². The summed E-state index contributed by atoms with van der Waals surface area (Å²) in [5.41, 5.74) is 2.18. The molecule has 0 bridgehead atoms. The van der Waals surface area contributed by atoms with Gasteiger partial charge in [-0.3, -0.25) is 9.59 Å². The normalized spacial score (nSPS) is 11.7. The molecule has 6 heteroatoms. The molecule has 2 aromatic rings. The molecule has 0 saturated carbocycles. The highest BCUT2D eigenvalue weighted by atomic mass is 79.9. The molecule has 0 saturated heterocycles. The van der Waals surface area contributed by atoms with E-state index in [4.69, 9.17) is 0 Å². The molecule has 0 aliphatic rings. The smallest absolute Gasteiger partial charge is 0.242 e. The van der Waals surface area contributed by atoms with E-state index in [1.807, 2.05) is 49.4 Å². The molecule has 0 radical (unpaired) electrons. The van der Waals surface area contributed by atoms with Crippen molar-refractivity contribution in [3.05, 3.63) is 70.2 Å². The van der Waals surface area contributed by atoms with Gasteiger partial charge in [0.1, 0.15) is 6.04 Å². The number of thioether (sulfide) groups is 1. The molecule has 1 N–H and O–H groups in total. The van der Waals surface area contributed by atoms with Crippen LogP contribution in [0.5, 0.6) is 0 Å². The number of nitrogens with zero attached hydrogens (tertiary/aromatic N) is 1. The summed E-state index contributed by atoms with van der Waals surface area (Å²) in [5, 5.41) is 2.90. The molecule has 0 aliphatic heterocycles. The van der Waals surface area contributed by atoms with Gasteiger partial charge in [-0.15, -0.1) is 11.8 Å². The van der Waals surface area contributed by atoms with E-state index in [0.717, 1.165) is 22.2 Å². The summed E-state index contributed by atoms with van der Waals surface area (Å²) in [6.07, 6.45) is 0.866. The third-order valence-electron chi connectivity index (χ3n) is 4.30. The highest BCUT2D eigenvalue weighted by Crippen LogP contribution is 2.18. The number of hydrogen-bond donors (Lipinski definition) is 1. The topological polar surface area (TPSA) is 49.4 Å². The van der Waals surface area contributed by atoms with Crippen LogP contribution in [-0.4, -0.2) is 35.1 Å². The molecule has 0 spiro atoms. The molecule has 2 amide bonds. The van der Waals surface area contributed by atoms with Crippen molar-refractivity contribution in [1.29, 1.82) is 0 Å². The van der Waals surface area contributed by atoms with E-state index in [-0.39, 0.29) is 11.8 Å². The molecular formula is C22H27BrN2O2S. The van der Waals surface area contributed by atoms with Crippen molar-refractivity contribution >= 4 is 39.5 Å². The molecule has 0 aromatic heterocycles. The van der Waals surface area contributed by atoms with Crippen molar-refractivity contribution in [2.24, 2.45) is 0 Å². The first-order valence-corrected chi connectivity index (χ1v) is 11.4. The summed E-state index contributed by atoms with van der Waals surface area (Å²) in [6.45, 7) is 4.83. The third kappa shape index (κ3) is 7.32. The summed E-state index contributed by atoms with van der Waals surface area (Å²) in [5.74, 6) is 0.973. The Morgan fingerprint density at radius 2 is 1.82 bits per heavy atom. The Morgan fingerprint density at radius 1 is 1.11 bits per heavy atom. The van der Waals surface area contributed by atoms with Crippen LogP contribution < -0.4 is 5.32 Å². The second-order valence-corrected chi connectivity index (χ2v) is 8.50. The number of halogens is 1. The van der Waals surface area contributed by atoms with E-state index in [1.165, 1.54) is 5.56 Å². The highest BCUT2D eigenvalue weighted by molar-refractivity contribution is 9.10. The molecule has 2 aromatic carbocycles. The van der Waals surface area contributed by atoms with Gasteiger partial charge in [0.25, 0.3) is 0 Å². The second-order valence-electron chi connectivity index (χ2n) is 6.60. The number of hydrogen-bond acceptors (Lipinski definition) is 3. The second kappa shape index (κ2) is 11.9. The van der Waals surface area contributed by atoms with Crippen LogP contribution in [0.3, 0.4) is 0 Å². The van der Waals surface area contributed by atoms with Crippen LogP contribution in [0.1, 0.15) is 31.4 Å². The van der Waals surface area contributed by atoms with Gasteiger partial charge in [0.05, 0.1) is 5.75 Å². The van der Waals surface area contributed by atoms with Gasteiger partial charge < -0.3 is 10.2 Å². The quantitative estimate of drug-likeness (QED) is 0.559. The van der Waals surface area contributed by atoms with Gasteiger partial charge in [0.2, 0.25) is 11.8 Å². The molecule has 28 heavy (non-hydrogen) atoms. The van der Waals surface area contributed by atoms with E-state index in [2.05, 4.69) is 33.4 Å². The Labute approximate surface area is 180 Å². The first kappa shape index (κ1) is 22.5. The molecule has 0 unspecified atom stereocenters. The standard InChI is InChI=1S/C22H27BrN2O2S/c1-3-12-24-22(27)17(2)25(14-19-10-7-11-20(23)13-19)21(26)16-28-15-18-8-5-4-6-9-18/h4-11,13,17H,3,12,14-16H2,1-2H3,(H,24,27)/t17-/m0/s1. The van der Waals surface area contributed by atoms with Crippen molar-refractivity contribution in [2.75, 3.05) is 12.3 Å². The number of amides is 2. The van der Waals surface area contributed by atoms with Gasteiger partial charge in [0.15, 0.2) is 0 Å². The first-order chi connectivity index (χ1) is 13.5. The SMILES string of the molecule is CCCNC(=O)[C@H](C)N(Cc1cccc(Br)c1)C(=O)CSCc1ccccc1. The maximum Gasteiger partial charge on any atom is 0.242 e. The van der Waals surface area contributed by atoms with Crippen molar-refractivity contribution < 1.29 is 9.59 Å². The van der Waals surface area contributed by atoms with E-state index < -0.39 is 6.04 Å². The summed E-state index contributed by atoms with van der Waals surface area (Å²) < 4.78 is 0.957. The summed E-state index contributed by atoms with van der Waals surface area (Å²) in [4.78, 5) is 27.1. The van der Waals surface area contributed by atoms with Crippen molar-refractivity contribution in [2.45, 2.75) is 38.6 Å². The summed E-state index contributed by atoms with van der Waals surface area (Å²) in [6, 6.07) is 17.4. The Hall–Kier alpha value is -1.79. The molecular weight excluding hydrogens is 436 g/mol. The molecule has 2 rings (SSSR count). The lowest BCUT2D eigenvalue weighted by Gasteiger charge is -2.29. The number of carbonyl (C=O) groups excluding carboxylic acids is 2. The third-order valence-corrected chi connectivity index (χ3v) is 5.78. The lowest BCUT2D eigenvalue weighted by Crippen LogP contribution is -2.48. The first-order valence-electron chi connectivity index (χ1n) is 9.44. The van der Waals surface area contributed by atoms with Gasteiger partial charge in [-0.2, -0.15) is 0 Å². The van der Waals surface area contributed by atoms with Gasteiger partial charge >= 0.3 is 0 Å². The fourth-order valence-electron chi connectivity index (χ4n) is 2.72. The zero-order valence-corrected chi connectivity index (χ0v) is 18.8. The van der Waals surface area contributed by atoms with Crippen molar-refractivity contribution in [3.8, 4) is 0 Å². The highest BCUT2D eigenvalue weighted by Gasteiger charge is 2.25. The monoisotopic (exact) mass is 462 g/mol. The van der Waals surface area contributed by atoms with E-state index >= 15 is 0 Å². The number of benzene rings is 2. The Bertz CT molecular complexity index is 770. The minimum atomic E-state index is -0.518. The lowest BCUT2D eigenvalue weighted by molar-refractivity contribution is -0.138. The van der Waals surface area contributed by atoms with Crippen molar-refractivity contribution in [1.82, 2.24) is 10.2 Å². The van der Waals surface area contributed by atoms with Gasteiger partial charge in [-0.1, -0.05) is 65.3 Å². The van der Waals surface area contributed by atoms with Crippen LogP contribution in [-0.2, 0) is 21.9 Å². The largest absolute Gasteiger partial charge is 0.354 e. The average molecular weight is 463 g/mol. The Kier molecular flexibility index (Phi) is 9.58. The number of rotatable bonds is 10.